The van der Waals surface area contributed by atoms with Crippen molar-refractivity contribution in [3.63, 3.8) is 0 Å². The lowest BCUT2D eigenvalue weighted by atomic mass is 10.00. The first-order chi connectivity index (χ1) is 9.84. The average Bonchev–Trinajstić information content (AvgIpc) is 2.84. The van der Waals surface area contributed by atoms with Gasteiger partial charge in [0.05, 0.1) is 0 Å². The first-order valence-electron chi connectivity index (χ1n) is 6.85. The molecule has 0 bridgehead atoms. The monoisotopic (exact) mass is 294 g/mol. The van der Waals surface area contributed by atoms with E-state index in [1.54, 1.807) is 26.1 Å². The first-order valence-corrected chi connectivity index (χ1v) is 6.85. The molecule has 0 aliphatic carbocycles. The van der Waals surface area contributed by atoms with Crippen LogP contribution in [0.5, 0.6) is 0 Å². The van der Waals surface area contributed by atoms with Crippen LogP contribution in [-0.2, 0) is 11.3 Å². The van der Waals surface area contributed by atoms with Crippen molar-refractivity contribution in [2.45, 2.75) is 31.8 Å². The Balaban J connectivity index is 2.08. The van der Waals surface area contributed by atoms with Crippen molar-refractivity contribution in [2.24, 2.45) is 0 Å². The van der Waals surface area contributed by atoms with Gasteiger partial charge in [0.25, 0.3) is 0 Å². The minimum atomic E-state index is -1.14. The van der Waals surface area contributed by atoms with E-state index in [9.17, 15) is 19.1 Å². The maximum absolute atomic E-state index is 12.9. The zero-order valence-electron chi connectivity index (χ0n) is 12.2. The molecule has 1 saturated heterocycles. The second-order valence-corrected chi connectivity index (χ2v) is 5.60. The maximum atomic E-state index is 12.9. The number of carbonyl (C=O) groups excluding carboxylic acids is 1. The van der Waals surface area contributed by atoms with E-state index in [0.717, 1.165) is 5.56 Å². The molecule has 1 atom stereocenters. The maximum Gasteiger partial charge on any atom is 0.329 e. The Hall–Kier alpha value is -2.11. The Kier molecular flexibility index (Phi) is 4.16. The van der Waals surface area contributed by atoms with Crippen molar-refractivity contribution in [1.29, 1.82) is 0 Å². The van der Waals surface area contributed by atoms with Crippen LogP contribution in [0.15, 0.2) is 24.3 Å². The molecule has 21 heavy (non-hydrogen) atoms. The number of carboxylic acids is 1. The van der Waals surface area contributed by atoms with Crippen molar-refractivity contribution in [3.05, 3.63) is 35.6 Å². The molecule has 0 radical (unpaired) electrons. The Bertz CT molecular complexity index is 546. The number of hydrogen-bond donors (Lipinski definition) is 1. The van der Waals surface area contributed by atoms with Gasteiger partial charge in [0, 0.05) is 20.1 Å². The van der Waals surface area contributed by atoms with Gasteiger partial charge in [-0.1, -0.05) is 12.1 Å². The summed E-state index contributed by atoms with van der Waals surface area (Å²) in [6.07, 6.45) is 1.14. The fraction of sp³-hybridized carbons (Fsp3) is 0.467. The molecular weight excluding hydrogens is 275 g/mol. The van der Waals surface area contributed by atoms with E-state index in [1.165, 1.54) is 21.9 Å². The van der Waals surface area contributed by atoms with E-state index < -0.39 is 11.5 Å². The number of aliphatic carboxylic acids is 1. The molecule has 1 N–H and O–H groups in total. The van der Waals surface area contributed by atoms with Gasteiger partial charge in [0.15, 0.2) is 0 Å². The molecule has 0 saturated carbocycles. The standard InChI is InChI=1S/C15H19FN2O3/c1-15(13(19)20)8-3-9-18(15)14(21)17(2)10-11-4-6-12(16)7-5-11/h4-7H,3,8-10H2,1-2H3,(H,19,20). The van der Waals surface area contributed by atoms with Gasteiger partial charge in [-0.2, -0.15) is 0 Å². The molecule has 2 rings (SSSR count). The number of urea groups is 1. The van der Waals surface area contributed by atoms with E-state index in [4.69, 9.17) is 0 Å². The third kappa shape index (κ3) is 2.99. The van der Waals surface area contributed by atoms with Crippen LogP contribution in [0.3, 0.4) is 0 Å². The van der Waals surface area contributed by atoms with Crippen molar-refractivity contribution in [2.75, 3.05) is 13.6 Å². The smallest absolute Gasteiger partial charge is 0.329 e. The molecule has 0 spiro atoms. The number of amides is 2. The quantitative estimate of drug-likeness (QED) is 0.930. The summed E-state index contributed by atoms with van der Waals surface area (Å²) in [5, 5.41) is 9.34. The van der Waals surface area contributed by atoms with Crippen molar-refractivity contribution < 1.29 is 19.1 Å². The van der Waals surface area contributed by atoms with E-state index in [-0.39, 0.29) is 11.8 Å². The highest BCUT2D eigenvalue weighted by atomic mass is 19.1. The molecule has 1 aliphatic heterocycles. The second kappa shape index (κ2) is 5.71. The molecule has 1 aromatic carbocycles. The predicted octanol–water partition coefficient (Wildman–Crippen LogP) is 2.32. The lowest BCUT2D eigenvalue weighted by Gasteiger charge is -2.34. The predicted molar refractivity (Wildman–Crippen MR) is 75.2 cm³/mol. The molecule has 1 unspecified atom stereocenters. The van der Waals surface area contributed by atoms with E-state index in [0.29, 0.717) is 25.9 Å². The fourth-order valence-corrected chi connectivity index (χ4v) is 2.63. The number of halogens is 1. The van der Waals surface area contributed by atoms with Crippen LogP contribution < -0.4 is 0 Å². The summed E-state index contributed by atoms with van der Waals surface area (Å²) in [6.45, 7) is 2.33. The van der Waals surface area contributed by atoms with Crippen LogP contribution in [-0.4, -0.2) is 46.0 Å². The third-order valence-electron chi connectivity index (χ3n) is 3.99. The zero-order valence-corrected chi connectivity index (χ0v) is 12.2. The summed E-state index contributed by atoms with van der Waals surface area (Å²) in [5.41, 5.74) is -0.350. The molecule has 5 nitrogen and oxygen atoms in total. The van der Waals surface area contributed by atoms with Crippen LogP contribution in [0.2, 0.25) is 0 Å². The van der Waals surface area contributed by atoms with E-state index in [1.807, 2.05) is 0 Å². The first kappa shape index (κ1) is 15.3. The van der Waals surface area contributed by atoms with Gasteiger partial charge in [-0.05, 0) is 37.5 Å². The summed E-state index contributed by atoms with van der Waals surface area (Å²) in [4.78, 5) is 26.7. The molecule has 0 aromatic heterocycles. The van der Waals surface area contributed by atoms with Crippen LogP contribution >= 0.6 is 0 Å². The van der Waals surface area contributed by atoms with Gasteiger partial charge in [0.2, 0.25) is 0 Å². The summed E-state index contributed by atoms with van der Waals surface area (Å²) < 4.78 is 12.9. The fourth-order valence-electron chi connectivity index (χ4n) is 2.63. The summed E-state index contributed by atoms with van der Waals surface area (Å²) in [5.74, 6) is -1.31. The van der Waals surface area contributed by atoms with E-state index >= 15 is 0 Å². The van der Waals surface area contributed by atoms with Crippen molar-refractivity contribution in [1.82, 2.24) is 9.80 Å². The van der Waals surface area contributed by atoms with Gasteiger partial charge in [-0.25, -0.2) is 14.0 Å². The molecule has 1 heterocycles. The summed E-state index contributed by atoms with van der Waals surface area (Å²) >= 11 is 0. The largest absolute Gasteiger partial charge is 0.480 e. The van der Waals surface area contributed by atoms with Gasteiger partial charge >= 0.3 is 12.0 Å². The van der Waals surface area contributed by atoms with Crippen LogP contribution in [0, 0.1) is 5.82 Å². The topological polar surface area (TPSA) is 60.9 Å². The average molecular weight is 294 g/mol. The van der Waals surface area contributed by atoms with Gasteiger partial charge in [-0.3, -0.25) is 0 Å². The molecule has 2 amide bonds. The van der Waals surface area contributed by atoms with Crippen LogP contribution in [0.25, 0.3) is 0 Å². The van der Waals surface area contributed by atoms with Crippen LogP contribution in [0.1, 0.15) is 25.3 Å². The Morgan fingerprint density at radius 1 is 1.38 bits per heavy atom. The second-order valence-electron chi connectivity index (χ2n) is 5.60. The highest BCUT2D eigenvalue weighted by Gasteiger charge is 2.46. The Morgan fingerprint density at radius 2 is 2.00 bits per heavy atom. The van der Waals surface area contributed by atoms with Crippen LogP contribution in [0.4, 0.5) is 9.18 Å². The Labute approximate surface area is 123 Å². The number of likely N-dealkylation sites (tertiary alicyclic amines) is 1. The number of hydrogen-bond acceptors (Lipinski definition) is 2. The number of carbonyl (C=O) groups is 2. The van der Waals surface area contributed by atoms with Crippen molar-refractivity contribution in [3.8, 4) is 0 Å². The molecule has 1 aliphatic rings. The number of benzene rings is 1. The lowest BCUT2D eigenvalue weighted by molar-refractivity contribution is -0.147. The molecule has 6 heteroatoms. The number of rotatable bonds is 3. The minimum absolute atomic E-state index is 0.311. The highest BCUT2D eigenvalue weighted by molar-refractivity contribution is 5.86. The summed E-state index contributed by atoms with van der Waals surface area (Å²) in [7, 11) is 1.62. The highest BCUT2D eigenvalue weighted by Crippen LogP contribution is 2.30. The Morgan fingerprint density at radius 3 is 2.57 bits per heavy atom. The molecule has 1 fully saturated rings. The zero-order chi connectivity index (χ0) is 15.6. The van der Waals surface area contributed by atoms with Gasteiger partial charge < -0.3 is 14.9 Å². The molecular formula is C15H19FN2O3. The third-order valence-corrected chi connectivity index (χ3v) is 3.99. The molecule has 1 aromatic rings. The normalized spacial score (nSPS) is 21.4. The lowest BCUT2D eigenvalue weighted by Crippen LogP contribution is -2.54. The molecule has 114 valence electrons. The van der Waals surface area contributed by atoms with Gasteiger partial charge in [-0.15, -0.1) is 0 Å². The number of carboxylic acid groups (broad SMARTS) is 1. The van der Waals surface area contributed by atoms with E-state index in [2.05, 4.69) is 0 Å². The minimum Gasteiger partial charge on any atom is -0.480 e. The SMILES string of the molecule is CN(Cc1ccc(F)cc1)C(=O)N1CCCC1(C)C(=O)O. The van der Waals surface area contributed by atoms with Gasteiger partial charge in [0.1, 0.15) is 11.4 Å². The number of nitrogens with zero attached hydrogens (tertiary/aromatic N) is 2. The van der Waals surface area contributed by atoms with Crippen molar-refractivity contribution >= 4 is 12.0 Å². The summed E-state index contributed by atoms with van der Waals surface area (Å²) in [6, 6.07) is 5.58.